The number of hydrogen-bond acceptors (Lipinski definition) is 11. The molecule has 0 radical (unpaired) electrons. The number of aromatic carboxylic acids is 1. The van der Waals surface area contributed by atoms with E-state index in [-0.39, 0.29) is 40.7 Å². The molecule has 51 heavy (non-hydrogen) atoms. The van der Waals surface area contributed by atoms with Crippen molar-refractivity contribution >= 4 is 11.9 Å². The van der Waals surface area contributed by atoms with Crippen molar-refractivity contribution in [1.82, 2.24) is 0 Å². The van der Waals surface area contributed by atoms with Gasteiger partial charge in [0.15, 0.2) is 28.7 Å². The van der Waals surface area contributed by atoms with Crippen molar-refractivity contribution in [3.05, 3.63) is 59.2 Å². The highest BCUT2D eigenvalue weighted by molar-refractivity contribution is 5.89. The summed E-state index contributed by atoms with van der Waals surface area (Å²) in [5.74, 6) is -4.58. The van der Waals surface area contributed by atoms with Gasteiger partial charge in [0.05, 0.1) is 11.7 Å². The van der Waals surface area contributed by atoms with Gasteiger partial charge in [-0.3, -0.25) is 4.79 Å². The van der Waals surface area contributed by atoms with Crippen LogP contribution < -0.4 is 4.74 Å². The number of carboxylic acids is 2. The summed E-state index contributed by atoms with van der Waals surface area (Å²) in [5.41, 5.74) is 0.605. The average Bonchev–Trinajstić information content (AvgIpc) is 3.07. The molecular weight excluding hydrogens is 664 g/mol. The third-order valence-corrected chi connectivity index (χ3v) is 8.33. The number of unbranched alkanes of at least 4 members (excludes halogenated alkanes) is 12. The van der Waals surface area contributed by atoms with Gasteiger partial charge in [-0.2, -0.15) is 0 Å². The zero-order valence-corrected chi connectivity index (χ0v) is 29.0. The second-order valence-electron chi connectivity index (χ2n) is 12.6. The molecule has 13 nitrogen and oxygen atoms in total. The topological polar surface area (TPSA) is 246 Å². The highest BCUT2D eigenvalue weighted by Crippen LogP contribution is 2.42. The van der Waals surface area contributed by atoms with Gasteiger partial charge in [0, 0.05) is 30.5 Å². The Labute approximate surface area is 297 Å². The second kappa shape index (κ2) is 21.9. The smallest absolute Gasteiger partial charge is 0.335 e. The fourth-order valence-corrected chi connectivity index (χ4v) is 5.49. The van der Waals surface area contributed by atoms with E-state index in [1.54, 1.807) is 0 Å². The van der Waals surface area contributed by atoms with Crippen LogP contribution in [0, 0.1) is 0 Å². The first kappa shape index (κ1) is 42.1. The quantitative estimate of drug-likeness (QED) is 0.0507. The van der Waals surface area contributed by atoms with Gasteiger partial charge in [0.2, 0.25) is 0 Å². The van der Waals surface area contributed by atoms with E-state index in [1.165, 1.54) is 101 Å². The van der Waals surface area contributed by atoms with Crippen LogP contribution in [-0.4, -0.2) is 69.1 Å². The Morgan fingerprint density at radius 2 is 1.18 bits per heavy atom. The van der Waals surface area contributed by atoms with Gasteiger partial charge in [-0.15, -0.1) is 0 Å². The molecule has 2 atom stereocenters. The number of aliphatic carboxylic acids is 1. The van der Waals surface area contributed by atoms with Crippen LogP contribution >= 0.6 is 0 Å². The second-order valence-corrected chi connectivity index (χ2v) is 12.6. The summed E-state index contributed by atoms with van der Waals surface area (Å²) in [5, 5.41) is 91.7. The minimum Gasteiger partial charge on any atom is -0.508 e. The van der Waals surface area contributed by atoms with Gasteiger partial charge < -0.3 is 55.8 Å². The lowest BCUT2D eigenvalue weighted by Gasteiger charge is -2.31. The fraction of sp³-hybridized carbons (Fsp3) is 0.474. The highest BCUT2D eigenvalue weighted by Gasteiger charge is 2.32. The van der Waals surface area contributed by atoms with E-state index in [4.69, 9.17) is 30.3 Å². The summed E-state index contributed by atoms with van der Waals surface area (Å²) in [6.45, 7) is 2.26. The molecule has 0 fully saturated rings. The minimum absolute atomic E-state index is 0.143. The van der Waals surface area contributed by atoms with Crippen LogP contribution in [0.2, 0.25) is 0 Å². The van der Waals surface area contributed by atoms with Crippen molar-refractivity contribution in [2.45, 2.75) is 115 Å². The van der Waals surface area contributed by atoms with Crippen molar-refractivity contribution in [1.29, 1.82) is 0 Å². The molecule has 0 aromatic heterocycles. The van der Waals surface area contributed by atoms with Gasteiger partial charge >= 0.3 is 11.9 Å². The zero-order valence-electron chi connectivity index (χ0n) is 29.0. The van der Waals surface area contributed by atoms with Crippen molar-refractivity contribution in [3.63, 3.8) is 0 Å². The number of phenols is 7. The molecule has 0 spiro atoms. The van der Waals surface area contributed by atoms with Crippen LogP contribution in [0.1, 0.15) is 124 Å². The number of aliphatic hydroxyl groups excluding tert-OH is 1. The van der Waals surface area contributed by atoms with E-state index in [0.717, 1.165) is 25.0 Å². The van der Waals surface area contributed by atoms with E-state index < -0.39 is 41.4 Å². The highest BCUT2D eigenvalue weighted by atomic mass is 16.5. The largest absolute Gasteiger partial charge is 0.508 e. The van der Waals surface area contributed by atoms with Crippen molar-refractivity contribution in [3.8, 4) is 46.0 Å². The molecule has 1 aliphatic heterocycles. The van der Waals surface area contributed by atoms with E-state index in [0.29, 0.717) is 17.5 Å². The minimum atomic E-state index is -1.29. The van der Waals surface area contributed by atoms with Gasteiger partial charge in [0.1, 0.15) is 23.4 Å². The van der Waals surface area contributed by atoms with Gasteiger partial charge in [-0.05, 0) is 36.2 Å². The summed E-state index contributed by atoms with van der Waals surface area (Å²) in [6, 6.07) is 8.36. The Morgan fingerprint density at radius 3 is 1.67 bits per heavy atom. The molecular formula is C38H52O13. The van der Waals surface area contributed by atoms with Crippen LogP contribution in [0.25, 0.3) is 0 Å². The summed E-state index contributed by atoms with van der Waals surface area (Å²) in [6.07, 6.45) is 15.7. The lowest BCUT2D eigenvalue weighted by atomic mass is 9.94. The zero-order chi connectivity index (χ0) is 37.9. The Hall–Kier alpha value is -5.04. The van der Waals surface area contributed by atoms with Crippen LogP contribution in [0.3, 0.4) is 0 Å². The van der Waals surface area contributed by atoms with Gasteiger partial charge in [-0.25, -0.2) is 4.79 Å². The molecule has 1 heterocycles. The molecule has 0 saturated carbocycles. The number of hydrogen-bond donors (Lipinski definition) is 10. The predicted molar refractivity (Wildman–Crippen MR) is 189 cm³/mol. The first-order valence-corrected chi connectivity index (χ1v) is 17.4. The molecule has 3 aromatic rings. The molecule has 1 aliphatic rings. The summed E-state index contributed by atoms with van der Waals surface area (Å²) in [4.78, 5) is 20.6. The Morgan fingerprint density at radius 1 is 0.647 bits per heavy atom. The lowest BCUT2D eigenvalue weighted by Crippen LogP contribution is -2.30. The molecule has 0 bridgehead atoms. The Kier molecular flexibility index (Phi) is 18.1. The number of ether oxygens (including phenoxy) is 1. The molecule has 0 saturated heterocycles. The third kappa shape index (κ3) is 14.8. The average molecular weight is 717 g/mol. The van der Waals surface area contributed by atoms with E-state index in [2.05, 4.69) is 6.92 Å². The maximum Gasteiger partial charge on any atom is 0.335 e. The maximum absolute atomic E-state index is 10.3. The molecule has 4 rings (SSSR count). The fourth-order valence-electron chi connectivity index (χ4n) is 5.49. The summed E-state index contributed by atoms with van der Waals surface area (Å²) < 4.78 is 5.62. The Bertz CT molecular complexity index is 1520. The normalized spacial score (nSPS) is 14.5. The van der Waals surface area contributed by atoms with Crippen LogP contribution in [-0.2, 0) is 11.2 Å². The van der Waals surface area contributed by atoms with Crippen LogP contribution in [0.5, 0.6) is 46.0 Å². The first-order valence-electron chi connectivity index (χ1n) is 17.4. The first-order chi connectivity index (χ1) is 24.2. The maximum atomic E-state index is 10.3. The van der Waals surface area contributed by atoms with Crippen LogP contribution in [0.4, 0.5) is 0 Å². The number of phenolic OH excluding ortho intramolecular Hbond substituents is 7. The van der Waals surface area contributed by atoms with E-state index in [9.17, 15) is 35.1 Å². The lowest BCUT2D eigenvalue weighted by molar-refractivity contribution is -0.137. The number of carbonyl (C=O) groups is 2. The third-order valence-electron chi connectivity index (χ3n) is 8.33. The summed E-state index contributed by atoms with van der Waals surface area (Å²) >= 11 is 0. The number of rotatable bonds is 16. The van der Waals surface area contributed by atoms with E-state index in [1.807, 2.05) is 0 Å². The monoisotopic (exact) mass is 716 g/mol. The summed E-state index contributed by atoms with van der Waals surface area (Å²) in [7, 11) is 0. The molecule has 10 N–H and O–H groups in total. The number of carboxylic acid groups (broad SMARTS) is 2. The van der Waals surface area contributed by atoms with Crippen molar-refractivity contribution < 1.29 is 65.4 Å². The SMILES string of the molecule is CCCCCCCCCCCCCCCC(=O)O.O=C(O)c1cc(O)c(O)c(O)c1.Oc1cc(O)c2c(c1)O[C@H](c1ccc(O)c(O)c1)[C@@H](O)C2. The molecule has 3 aromatic carbocycles. The van der Waals surface area contributed by atoms with Gasteiger partial charge in [-0.1, -0.05) is 90.0 Å². The standard InChI is InChI=1S/C16H32O2.C15H14O6.C7H6O5/c1-2-3-4-5-6-7-8-9-10-11-12-13-14-15-16(17)18;16-8-4-11(18)9-6-13(20)15(21-14(9)5-8)7-1-2-10(17)12(19)3-7;8-4-1-3(7(11)12)2-5(9)6(4)10/h2-15H2,1H3,(H,17,18);1-5,13,15-20H,6H2;1-2,8-10H,(H,11,12)/t;13-,15+;/m.0./s1. The van der Waals surface area contributed by atoms with Crippen molar-refractivity contribution in [2.24, 2.45) is 0 Å². The number of aromatic hydroxyl groups is 7. The van der Waals surface area contributed by atoms with Crippen LogP contribution in [0.15, 0.2) is 42.5 Å². The van der Waals surface area contributed by atoms with Crippen molar-refractivity contribution in [2.75, 3.05) is 0 Å². The number of benzene rings is 3. The molecule has 0 unspecified atom stereocenters. The number of aliphatic hydroxyl groups is 1. The Balaban J connectivity index is 0.000000276. The molecule has 0 aliphatic carbocycles. The predicted octanol–water partition coefficient (Wildman–Crippen LogP) is 7.60. The van der Waals surface area contributed by atoms with E-state index >= 15 is 0 Å². The molecule has 0 amide bonds. The molecule has 282 valence electrons. The van der Waals surface area contributed by atoms with Gasteiger partial charge in [0.25, 0.3) is 0 Å². The number of fused-ring (bicyclic) bond motifs is 1. The molecule has 13 heteroatoms.